The van der Waals surface area contributed by atoms with Crippen molar-refractivity contribution in [3.63, 3.8) is 0 Å². The van der Waals surface area contributed by atoms with Crippen molar-refractivity contribution in [3.8, 4) is 22.8 Å². The van der Waals surface area contributed by atoms with Crippen molar-refractivity contribution in [2.24, 2.45) is 0 Å². The molecule has 0 saturated heterocycles. The first-order valence-corrected chi connectivity index (χ1v) is 10.6. The molecule has 5 aromatic rings. The van der Waals surface area contributed by atoms with E-state index in [2.05, 4.69) is 20.4 Å². The van der Waals surface area contributed by atoms with E-state index in [-0.39, 0.29) is 11.9 Å². The Morgan fingerprint density at radius 3 is 2.77 bits per heavy atom. The summed E-state index contributed by atoms with van der Waals surface area (Å²) in [5.74, 6) is 0.296. The van der Waals surface area contributed by atoms with Gasteiger partial charge in [0, 0.05) is 17.6 Å². The van der Waals surface area contributed by atoms with Crippen molar-refractivity contribution in [1.82, 2.24) is 24.7 Å². The quantitative estimate of drug-likeness (QED) is 0.419. The molecule has 5 aromatic heterocycles. The number of furan rings is 1. The maximum Gasteiger partial charge on any atom is 0.258 e. The lowest BCUT2D eigenvalue weighted by molar-refractivity contribution is 0.102. The van der Waals surface area contributed by atoms with Gasteiger partial charge < -0.3 is 4.42 Å². The zero-order valence-corrected chi connectivity index (χ0v) is 17.6. The number of carbonyl (C=O) groups is 1. The summed E-state index contributed by atoms with van der Waals surface area (Å²) >= 11 is 1.35. The minimum absolute atomic E-state index is 0.0904. The van der Waals surface area contributed by atoms with Gasteiger partial charge in [-0.25, -0.2) is 14.6 Å². The summed E-state index contributed by atoms with van der Waals surface area (Å²) < 4.78 is 7.30. The van der Waals surface area contributed by atoms with E-state index >= 15 is 0 Å². The topological polar surface area (TPSA) is 98.7 Å². The van der Waals surface area contributed by atoms with E-state index in [0.717, 1.165) is 5.69 Å². The summed E-state index contributed by atoms with van der Waals surface area (Å²) in [5, 5.41) is 10.4. The Balaban J connectivity index is 1.53. The van der Waals surface area contributed by atoms with Crippen LogP contribution in [-0.2, 0) is 0 Å². The molecule has 0 saturated carbocycles. The van der Waals surface area contributed by atoms with Crippen LogP contribution in [-0.4, -0.2) is 30.6 Å². The zero-order valence-electron chi connectivity index (χ0n) is 16.8. The van der Waals surface area contributed by atoms with Crippen LogP contribution in [0.1, 0.15) is 30.2 Å². The van der Waals surface area contributed by atoms with Crippen molar-refractivity contribution >= 4 is 33.4 Å². The number of aromatic nitrogens is 5. The van der Waals surface area contributed by atoms with Crippen LogP contribution >= 0.6 is 11.3 Å². The lowest BCUT2D eigenvalue weighted by atomic mass is 10.1. The fourth-order valence-corrected chi connectivity index (χ4v) is 3.96. The van der Waals surface area contributed by atoms with Crippen molar-refractivity contribution in [1.29, 1.82) is 0 Å². The van der Waals surface area contributed by atoms with Crippen LogP contribution in [0.2, 0.25) is 0 Å². The zero-order chi connectivity index (χ0) is 21.4. The molecule has 8 nitrogen and oxygen atoms in total. The van der Waals surface area contributed by atoms with Gasteiger partial charge in [-0.3, -0.25) is 15.1 Å². The molecule has 0 atom stereocenters. The molecular formula is C22H18N6O2S. The average Bonchev–Trinajstić information content (AvgIpc) is 3.53. The van der Waals surface area contributed by atoms with E-state index in [1.54, 1.807) is 35.5 Å². The highest BCUT2D eigenvalue weighted by Crippen LogP contribution is 2.28. The van der Waals surface area contributed by atoms with Gasteiger partial charge in [0.15, 0.2) is 16.5 Å². The molecule has 0 radical (unpaired) electrons. The molecule has 5 rings (SSSR count). The number of hydrogen-bond donors (Lipinski definition) is 1. The number of rotatable bonds is 5. The van der Waals surface area contributed by atoms with Gasteiger partial charge in [-0.2, -0.15) is 5.10 Å². The number of thiazole rings is 1. The smallest absolute Gasteiger partial charge is 0.258 e. The minimum Gasteiger partial charge on any atom is -0.463 e. The molecule has 0 aliphatic rings. The minimum atomic E-state index is -0.287. The number of carbonyl (C=O) groups excluding carboxylic acids is 1. The second kappa shape index (κ2) is 7.77. The Morgan fingerprint density at radius 1 is 1.13 bits per heavy atom. The number of nitrogens with zero attached hydrogens (tertiary/aromatic N) is 5. The second-order valence-electron chi connectivity index (χ2n) is 7.16. The van der Waals surface area contributed by atoms with E-state index in [4.69, 9.17) is 9.40 Å². The third-order valence-electron chi connectivity index (χ3n) is 4.73. The molecule has 0 aliphatic heterocycles. The normalized spacial score (nSPS) is 11.3. The summed E-state index contributed by atoms with van der Waals surface area (Å²) in [5.41, 5.74) is 3.12. The summed E-state index contributed by atoms with van der Waals surface area (Å²) in [4.78, 5) is 26.7. The van der Waals surface area contributed by atoms with E-state index in [1.165, 1.54) is 11.3 Å². The second-order valence-corrected chi connectivity index (χ2v) is 8.02. The summed E-state index contributed by atoms with van der Waals surface area (Å²) in [6.07, 6.45) is 4.96. The van der Waals surface area contributed by atoms with Gasteiger partial charge in [0.25, 0.3) is 5.91 Å². The predicted molar refractivity (Wildman–Crippen MR) is 119 cm³/mol. The fraction of sp³-hybridized carbons (Fsp3) is 0.136. The largest absolute Gasteiger partial charge is 0.463 e. The number of hydrogen-bond acceptors (Lipinski definition) is 7. The SMILES string of the molecule is CC(C)n1ncc2c(C(=O)Nc3nc(-c4ccccn4)cs3)cc(-c3ccco3)nc21. The molecule has 0 fully saturated rings. The molecule has 154 valence electrons. The van der Waals surface area contributed by atoms with Crippen LogP contribution in [0.25, 0.3) is 33.9 Å². The van der Waals surface area contributed by atoms with Crippen LogP contribution in [0.5, 0.6) is 0 Å². The molecule has 31 heavy (non-hydrogen) atoms. The molecule has 9 heteroatoms. The van der Waals surface area contributed by atoms with Crippen LogP contribution in [0.15, 0.2) is 64.9 Å². The van der Waals surface area contributed by atoms with Gasteiger partial charge in [0.1, 0.15) is 11.4 Å². The highest BCUT2D eigenvalue weighted by atomic mass is 32.1. The molecule has 1 N–H and O–H groups in total. The van der Waals surface area contributed by atoms with Crippen LogP contribution in [0.3, 0.4) is 0 Å². The van der Waals surface area contributed by atoms with E-state index in [9.17, 15) is 4.79 Å². The van der Waals surface area contributed by atoms with E-state index in [0.29, 0.717) is 38.9 Å². The van der Waals surface area contributed by atoms with Crippen LogP contribution < -0.4 is 5.32 Å². The van der Waals surface area contributed by atoms with Crippen molar-refractivity contribution in [2.75, 3.05) is 5.32 Å². The van der Waals surface area contributed by atoms with Crippen molar-refractivity contribution in [3.05, 3.63) is 66.0 Å². The van der Waals surface area contributed by atoms with Crippen LogP contribution in [0, 0.1) is 0 Å². The van der Waals surface area contributed by atoms with Gasteiger partial charge in [0.2, 0.25) is 0 Å². The number of nitrogens with one attached hydrogen (secondary N) is 1. The van der Waals surface area contributed by atoms with Gasteiger partial charge in [0.05, 0.1) is 29.1 Å². The third kappa shape index (κ3) is 3.59. The van der Waals surface area contributed by atoms with Crippen molar-refractivity contribution < 1.29 is 9.21 Å². The number of fused-ring (bicyclic) bond motifs is 1. The monoisotopic (exact) mass is 430 g/mol. The molecule has 0 aromatic carbocycles. The Morgan fingerprint density at radius 2 is 2.03 bits per heavy atom. The van der Waals surface area contributed by atoms with E-state index < -0.39 is 0 Å². The Hall–Kier alpha value is -3.85. The predicted octanol–water partition coefficient (Wildman–Crippen LogP) is 5.04. The molecule has 0 spiro atoms. The van der Waals surface area contributed by atoms with E-state index in [1.807, 2.05) is 43.5 Å². The maximum atomic E-state index is 13.2. The fourth-order valence-electron chi connectivity index (χ4n) is 3.26. The molecule has 1 amide bonds. The first kappa shape index (κ1) is 19.1. The molecular weight excluding hydrogens is 412 g/mol. The lowest BCUT2D eigenvalue weighted by Crippen LogP contribution is -2.13. The van der Waals surface area contributed by atoms with Gasteiger partial charge >= 0.3 is 0 Å². The maximum absolute atomic E-state index is 13.2. The highest BCUT2D eigenvalue weighted by Gasteiger charge is 2.20. The molecule has 0 unspecified atom stereocenters. The summed E-state index contributed by atoms with van der Waals surface area (Å²) in [6.45, 7) is 4.03. The Bertz CT molecular complexity index is 1360. The summed E-state index contributed by atoms with van der Waals surface area (Å²) in [7, 11) is 0. The number of anilines is 1. The first-order valence-electron chi connectivity index (χ1n) is 9.70. The molecule has 0 bridgehead atoms. The number of amides is 1. The average molecular weight is 430 g/mol. The third-order valence-corrected chi connectivity index (χ3v) is 5.48. The number of pyridine rings is 2. The van der Waals surface area contributed by atoms with Gasteiger partial charge in [-0.15, -0.1) is 11.3 Å². The molecule has 0 aliphatic carbocycles. The van der Waals surface area contributed by atoms with Gasteiger partial charge in [-0.05, 0) is 44.2 Å². The Labute approximate surface area is 181 Å². The standard InChI is InChI=1S/C22H18N6O2S/c1-13(2)28-20-15(11-24-28)14(10-17(25-20)19-7-5-9-30-19)21(29)27-22-26-18(12-31-22)16-6-3-4-8-23-16/h3-13H,1-2H3,(H,26,27,29). The highest BCUT2D eigenvalue weighted by molar-refractivity contribution is 7.14. The first-order chi connectivity index (χ1) is 15.1. The van der Waals surface area contributed by atoms with Crippen LogP contribution in [0.4, 0.5) is 5.13 Å². The van der Waals surface area contributed by atoms with Crippen molar-refractivity contribution in [2.45, 2.75) is 19.9 Å². The summed E-state index contributed by atoms with van der Waals surface area (Å²) in [6, 6.07) is 11.0. The lowest BCUT2D eigenvalue weighted by Gasteiger charge is -2.09. The Kier molecular flexibility index (Phi) is 4.79. The van der Waals surface area contributed by atoms with Gasteiger partial charge in [-0.1, -0.05) is 6.07 Å². The molecule has 5 heterocycles.